The normalized spacial score (nSPS) is 15.9. The number of amides is 1. The van der Waals surface area contributed by atoms with Crippen molar-refractivity contribution in [1.29, 1.82) is 0 Å². The molecule has 0 spiro atoms. The van der Waals surface area contributed by atoms with E-state index in [0.717, 1.165) is 10.8 Å². The minimum Gasteiger partial charge on any atom is -0.466 e. The molecule has 1 aliphatic heterocycles. The summed E-state index contributed by atoms with van der Waals surface area (Å²) in [5.74, 6) is -0.143. The van der Waals surface area contributed by atoms with E-state index in [9.17, 15) is 9.59 Å². The molecule has 1 saturated heterocycles. The Morgan fingerprint density at radius 2 is 2.00 bits per heavy atom. The molecule has 2 aromatic rings. The van der Waals surface area contributed by atoms with Gasteiger partial charge in [0.2, 0.25) is 5.91 Å². The van der Waals surface area contributed by atoms with Crippen LogP contribution >= 0.6 is 11.8 Å². The van der Waals surface area contributed by atoms with Gasteiger partial charge in [-0.05, 0) is 57.7 Å². The molecule has 0 radical (unpaired) electrons. The van der Waals surface area contributed by atoms with E-state index in [1.807, 2.05) is 35.6 Å². The van der Waals surface area contributed by atoms with Crippen LogP contribution in [0.5, 0.6) is 0 Å². The summed E-state index contributed by atoms with van der Waals surface area (Å²) in [6.45, 7) is 9.52. The van der Waals surface area contributed by atoms with E-state index in [4.69, 9.17) is 4.74 Å². The highest BCUT2D eigenvalue weighted by Crippen LogP contribution is 2.29. The first-order valence-corrected chi connectivity index (χ1v) is 11.0. The third kappa shape index (κ3) is 4.83. The van der Waals surface area contributed by atoms with Crippen LogP contribution in [0.3, 0.4) is 0 Å². The van der Waals surface area contributed by atoms with Gasteiger partial charge in [0.25, 0.3) is 0 Å². The Bertz CT molecular complexity index is 872. The van der Waals surface area contributed by atoms with Crippen molar-refractivity contribution < 1.29 is 14.3 Å². The summed E-state index contributed by atoms with van der Waals surface area (Å²) >= 11 is 1.47. The standard InChI is InChI=1S/C22H29N3O3S/c1-5-28-21(27)18-9-12-24(13-10-18)20(26)17(4)29-22-23-11-14-25(22)19-8-6-7-15(2)16(19)3/h6-8,11,14,17-18H,5,9-10,12-13H2,1-4H3. The van der Waals surface area contributed by atoms with Crippen LogP contribution in [0.2, 0.25) is 0 Å². The molecule has 0 N–H and O–H groups in total. The van der Waals surface area contributed by atoms with Gasteiger partial charge in [-0.2, -0.15) is 0 Å². The van der Waals surface area contributed by atoms with Gasteiger partial charge < -0.3 is 9.64 Å². The maximum absolute atomic E-state index is 12.9. The molecule has 2 heterocycles. The summed E-state index contributed by atoms with van der Waals surface area (Å²) in [5, 5.41) is 0.557. The lowest BCUT2D eigenvalue weighted by Gasteiger charge is -2.32. The topological polar surface area (TPSA) is 64.4 Å². The number of hydrogen-bond acceptors (Lipinski definition) is 5. The second kappa shape index (κ2) is 9.48. The number of piperidine rings is 1. The predicted octanol–water partition coefficient (Wildman–Crippen LogP) is 3.77. The molecule has 0 aliphatic carbocycles. The van der Waals surface area contributed by atoms with Gasteiger partial charge in [-0.15, -0.1) is 0 Å². The molecule has 0 bridgehead atoms. The van der Waals surface area contributed by atoms with Gasteiger partial charge in [-0.3, -0.25) is 14.2 Å². The van der Waals surface area contributed by atoms with Crippen molar-refractivity contribution in [1.82, 2.24) is 14.5 Å². The monoisotopic (exact) mass is 415 g/mol. The number of benzene rings is 1. The van der Waals surface area contributed by atoms with Gasteiger partial charge in [0.05, 0.1) is 23.5 Å². The highest BCUT2D eigenvalue weighted by atomic mass is 32.2. The number of imidazole rings is 1. The molecular formula is C22H29N3O3S. The van der Waals surface area contributed by atoms with Crippen LogP contribution in [0.4, 0.5) is 0 Å². The predicted molar refractivity (Wildman–Crippen MR) is 114 cm³/mol. The number of hydrogen-bond donors (Lipinski definition) is 0. The summed E-state index contributed by atoms with van der Waals surface area (Å²) in [6, 6.07) is 6.20. The minimum absolute atomic E-state index is 0.0906. The lowest BCUT2D eigenvalue weighted by Crippen LogP contribution is -2.43. The summed E-state index contributed by atoms with van der Waals surface area (Å²) in [4.78, 5) is 31.2. The van der Waals surface area contributed by atoms with Crippen LogP contribution in [0.15, 0.2) is 35.7 Å². The Hall–Kier alpha value is -2.28. The maximum Gasteiger partial charge on any atom is 0.309 e. The largest absolute Gasteiger partial charge is 0.466 e. The SMILES string of the molecule is CCOC(=O)C1CCN(C(=O)C(C)Sc2nccn2-c2cccc(C)c2C)CC1. The van der Waals surface area contributed by atoms with Crippen LogP contribution in [0.25, 0.3) is 5.69 Å². The summed E-state index contributed by atoms with van der Waals surface area (Å²) in [6.07, 6.45) is 5.04. The Labute approximate surface area is 176 Å². The average molecular weight is 416 g/mol. The third-order valence-electron chi connectivity index (χ3n) is 5.50. The van der Waals surface area contributed by atoms with Crippen molar-refractivity contribution in [2.24, 2.45) is 5.92 Å². The van der Waals surface area contributed by atoms with Gasteiger partial charge >= 0.3 is 5.97 Å². The Morgan fingerprint density at radius 1 is 1.28 bits per heavy atom. The van der Waals surface area contributed by atoms with Crippen molar-refractivity contribution in [2.45, 2.75) is 50.9 Å². The quantitative estimate of drug-likeness (QED) is 0.531. The van der Waals surface area contributed by atoms with E-state index in [-0.39, 0.29) is 23.0 Å². The number of rotatable bonds is 6. The maximum atomic E-state index is 12.9. The number of ether oxygens (including phenoxy) is 1. The fraction of sp³-hybridized carbons (Fsp3) is 0.500. The zero-order valence-corrected chi connectivity index (χ0v) is 18.4. The second-order valence-corrected chi connectivity index (χ2v) is 8.72. The third-order valence-corrected chi connectivity index (χ3v) is 6.57. The number of thioether (sulfide) groups is 1. The molecule has 0 saturated carbocycles. The molecule has 3 rings (SSSR count). The number of likely N-dealkylation sites (tertiary alicyclic amines) is 1. The molecule has 1 atom stereocenters. The molecule has 1 amide bonds. The van der Waals surface area contributed by atoms with Gasteiger partial charge in [0.1, 0.15) is 0 Å². The van der Waals surface area contributed by atoms with Crippen LogP contribution in [0, 0.1) is 19.8 Å². The second-order valence-electron chi connectivity index (χ2n) is 7.41. The molecule has 156 valence electrons. The van der Waals surface area contributed by atoms with E-state index in [0.29, 0.717) is 32.5 Å². The van der Waals surface area contributed by atoms with Crippen LogP contribution in [0.1, 0.15) is 37.8 Å². The molecule has 7 heteroatoms. The molecule has 6 nitrogen and oxygen atoms in total. The highest BCUT2D eigenvalue weighted by Gasteiger charge is 2.30. The lowest BCUT2D eigenvalue weighted by atomic mass is 9.97. The smallest absolute Gasteiger partial charge is 0.309 e. The molecule has 1 fully saturated rings. The zero-order valence-electron chi connectivity index (χ0n) is 17.6. The first-order valence-electron chi connectivity index (χ1n) is 10.1. The number of carbonyl (C=O) groups excluding carboxylic acids is 2. The van der Waals surface area contributed by atoms with Gasteiger partial charge in [0, 0.05) is 25.5 Å². The molecule has 1 aromatic carbocycles. The minimum atomic E-state index is -0.250. The van der Waals surface area contributed by atoms with Crippen molar-refractivity contribution >= 4 is 23.6 Å². The molecule has 1 aromatic heterocycles. The van der Waals surface area contributed by atoms with Crippen molar-refractivity contribution in [3.63, 3.8) is 0 Å². The Morgan fingerprint density at radius 3 is 2.69 bits per heavy atom. The Kier molecular flexibility index (Phi) is 7.00. The van der Waals surface area contributed by atoms with E-state index < -0.39 is 0 Å². The fourth-order valence-electron chi connectivity index (χ4n) is 3.62. The van der Waals surface area contributed by atoms with Gasteiger partial charge in [0.15, 0.2) is 5.16 Å². The van der Waals surface area contributed by atoms with Crippen molar-refractivity contribution in [2.75, 3.05) is 19.7 Å². The molecule has 29 heavy (non-hydrogen) atoms. The number of aryl methyl sites for hydroxylation is 1. The van der Waals surface area contributed by atoms with E-state index >= 15 is 0 Å². The molecule has 1 unspecified atom stereocenters. The van der Waals surface area contributed by atoms with Crippen LogP contribution < -0.4 is 0 Å². The molecule has 1 aliphatic rings. The van der Waals surface area contributed by atoms with Crippen LogP contribution in [-0.2, 0) is 14.3 Å². The average Bonchev–Trinajstić information content (AvgIpc) is 3.17. The summed E-state index contributed by atoms with van der Waals surface area (Å²) in [7, 11) is 0. The zero-order chi connectivity index (χ0) is 21.0. The van der Waals surface area contributed by atoms with E-state index in [2.05, 4.69) is 31.0 Å². The number of esters is 1. The summed E-state index contributed by atoms with van der Waals surface area (Å²) in [5.41, 5.74) is 3.51. The van der Waals surface area contributed by atoms with Crippen molar-refractivity contribution in [3.8, 4) is 5.69 Å². The van der Waals surface area contributed by atoms with E-state index in [1.54, 1.807) is 6.20 Å². The van der Waals surface area contributed by atoms with Gasteiger partial charge in [-0.1, -0.05) is 23.9 Å². The number of aromatic nitrogens is 2. The fourth-order valence-corrected chi connectivity index (χ4v) is 4.58. The number of nitrogens with zero attached hydrogens (tertiary/aromatic N) is 3. The molecular weight excluding hydrogens is 386 g/mol. The van der Waals surface area contributed by atoms with Gasteiger partial charge in [-0.25, -0.2) is 4.98 Å². The highest BCUT2D eigenvalue weighted by molar-refractivity contribution is 8.00. The first kappa shape index (κ1) is 21.4. The van der Waals surface area contributed by atoms with Crippen LogP contribution in [-0.4, -0.2) is 51.3 Å². The Balaban J connectivity index is 1.64. The summed E-state index contributed by atoms with van der Waals surface area (Å²) < 4.78 is 7.16. The first-order chi connectivity index (χ1) is 13.9. The lowest BCUT2D eigenvalue weighted by molar-refractivity contribution is -0.151. The van der Waals surface area contributed by atoms with E-state index in [1.165, 1.54) is 22.9 Å². The number of carbonyl (C=O) groups is 2. The van der Waals surface area contributed by atoms with Crippen molar-refractivity contribution in [3.05, 3.63) is 41.7 Å².